The number of hydrogen-bond donors (Lipinski definition) is 0. The second-order valence-corrected chi connectivity index (χ2v) is 15.8. The molecular weight excluding hydrogens is 588 g/mol. The van der Waals surface area contributed by atoms with Crippen molar-refractivity contribution in [3.63, 3.8) is 0 Å². The summed E-state index contributed by atoms with van der Waals surface area (Å²) in [5.41, 5.74) is 1.04. The lowest BCUT2D eigenvalue weighted by Gasteiger charge is -2.34. The monoisotopic (exact) mass is 630 g/mol. The van der Waals surface area contributed by atoms with Crippen LogP contribution in [0.2, 0.25) is 0 Å². The molecule has 14 heteroatoms. The number of nitrogens with zero attached hydrogens (tertiary/aromatic N) is 6. The summed E-state index contributed by atoms with van der Waals surface area (Å²) < 4.78 is 42.0. The molecule has 13 nitrogen and oxygen atoms in total. The van der Waals surface area contributed by atoms with Crippen LogP contribution in [0.15, 0.2) is 12.4 Å². The summed E-state index contributed by atoms with van der Waals surface area (Å²) >= 11 is 0. The van der Waals surface area contributed by atoms with Gasteiger partial charge in [-0.1, -0.05) is 0 Å². The Balaban J connectivity index is 1.51. The molecule has 0 saturated carbocycles. The van der Waals surface area contributed by atoms with E-state index in [1.807, 2.05) is 38.7 Å². The number of pyridine rings is 1. The van der Waals surface area contributed by atoms with Crippen LogP contribution < -0.4 is 14.5 Å². The standard InChI is InChI=1S/C30H42N6O7S/c1-19-24-23(16-22(33-19)20-8-10-35(11-9-20)27(37)42-29(2,3)4)36(28(38)43-30(5,6)7)26-21(17-41-24)25(31-18-32-26)34-12-14-44(39,40)15-13-34/h16,18,20H,8-15,17H2,1-7H3. The lowest BCUT2D eigenvalue weighted by molar-refractivity contribution is 0.0203. The van der Waals surface area contributed by atoms with Gasteiger partial charge in [0, 0.05) is 37.8 Å². The van der Waals surface area contributed by atoms with Crippen molar-refractivity contribution in [2.75, 3.05) is 47.5 Å². The predicted octanol–water partition coefficient (Wildman–Crippen LogP) is 4.49. The van der Waals surface area contributed by atoms with Crippen LogP contribution in [0, 0.1) is 6.92 Å². The summed E-state index contributed by atoms with van der Waals surface area (Å²) in [4.78, 5) is 45.5. The summed E-state index contributed by atoms with van der Waals surface area (Å²) in [5.74, 6) is 1.33. The first-order valence-corrected chi connectivity index (χ1v) is 16.8. The molecule has 5 rings (SSSR count). The van der Waals surface area contributed by atoms with Crippen molar-refractivity contribution in [2.45, 2.75) is 85.0 Å². The molecule has 240 valence electrons. The number of sulfone groups is 1. The van der Waals surface area contributed by atoms with Crippen molar-refractivity contribution in [1.29, 1.82) is 0 Å². The zero-order chi connectivity index (χ0) is 32.0. The third kappa shape index (κ3) is 7.00. The molecule has 0 radical (unpaired) electrons. The van der Waals surface area contributed by atoms with Gasteiger partial charge in [-0.2, -0.15) is 0 Å². The van der Waals surface area contributed by atoms with Gasteiger partial charge in [0.1, 0.15) is 30.0 Å². The number of fused-ring (bicyclic) bond motifs is 2. The number of piperidine rings is 1. The van der Waals surface area contributed by atoms with E-state index in [4.69, 9.17) is 19.2 Å². The van der Waals surface area contributed by atoms with Crippen LogP contribution in [-0.4, -0.2) is 89.3 Å². The van der Waals surface area contributed by atoms with E-state index in [9.17, 15) is 18.0 Å². The Morgan fingerprint density at radius 3 is 2.11 bits per heavy atom. The molecule has 0 unspecified atom stereocenters. The van der Waals surface area contributed by atoms with Crippen molar-refractivity contribution in [1.82, 2.24) is 19.9 Å². The van der Waals surface area contributed by atoms with E-state index >= 15 is 0 Å². The molecular formula is C30H42N6O7S. The third-order valence-electron chi connectivity index (χ3n) is 7.64. The van der Waals surface area contributed by atoms with Gasteiger partial charge < -0.3 is 24.0 Å². The zero-order valence-electron chi connectivity index (χ0n) is 26.5. The second-order valence-electron chi connectivity index (χ2n) is 13.5. The Bertz CT molecular complexity index is 1530. The van der Waals surface area contributed by atoms with Crippen LogP contribution in [0.1, 0.15) is 77.3 Å². The fourth-order valence-electron chi connectivity index (χ4n) is 5.57. The Labute approximate surface area is 258 Å². The maximum Gasteiger partial charge on any atom is 0.420 e. The van der Waals surface area contributed by atoms with Crippen LogP contribution in [-0.2, 0) is 25.9 Å². The first-order chi connectivity index (χ1) is 20.5. The highest BCUT2D eigenvalue weighted by Gasteiger charge is 2.37. The minimum Gasteiger partial charge on any atom is -0.484 e. The maximum atomic E-state index is 13.9. The number of amides is 2. The molecule has 2 amide bonds. The van der Waals surface area contributed by atoms with Crippen LogP contribution in [0.5, 0.6) is 5.75 Å². The normalized spacial score (nSPS) is 18.9. The number of aromatic nitrogens is 3. The lowest BCUT2D eigenvalue weighted by Crippen LogP contribution is -2.41. The van der Waals surface area contributed by atoms with Crippen molar-refractivity contribution in [3.05, 3.63) is 29.3 Å². The summed E-state index contributed by atoms with van der Waals surface area (Å²) in [6, 6.07) is 1.85. The molecule has 0 N–H and O–H groups in total. The van der Waals surface area contributed by atoms with E-state index in [1.165, 1.54) is 11.2 Å². The molecule has 0 spiro atoms. The molecule has 2 fully saturated rings. The Kier molecular flexibility index (Phi) is 8.42. The highest BCUT2D eigenvalue weighted by Crippen LogP contribution is 2.44. The van der Waals surface area contributed by atoms with Gasteiger partial charge in [-0.15, -0.1) is 0 Å². The number of aryl methyl sites for hydroxylation is 1. The maximum absolute atomic E-state index is 13.9. The Morgan fingerprint density at radius 1 is 0.909 bits per heavy atom. The van der Waals surface area contributed by atoms with E-state index in [2.05, 4.69) is 9.97 Å². The fourth-order valence-corrected chi connectivity index (χ4v) is 6.77. The van der Waals surface area contributed by atoms with Gasteiger partial charge in [0.2, 0.25) is 0 Å². The molecule has 5 heterocycles. The van der Waals surface area contributed by atoms with E-state index in [0.717, 1.165) is 5.69 Å². The Morgan fingerprint density at radius 2 is 1.50 bits per heavy atom. The summed E-state index contributed by atoms with van der Waals surface area (Å²) in [6.45, 7) is 14.4. The first kappa shape index (κ1) is 31.7. The third-order valence-corrected chi connectivity index (χ3v) is 9.25. The van der Waals surface area contributed by atoms with Crippen molar-refractivity contribution in [2.24, 2.45) is 0 Å². The van der Waals surface area contributed by atoms with Crippen LogP contribution >= 0.6 is 0 Å². The molecule has 2 aromatic rings. The predicted molar refractivity (Wildman–Crippen MR) is 164 cm³/mol. The molecule has 3 aliphatic heterocycles. The highest BCUT2D eigenvalue weighted by atomic mass is 32.2. The first-order valence-electron chi connectivity index (χ1n) is 15.0. The van der Waals surface area contributed by atoms with Gasteiger partial charge in [-0.3, -0.25) is 4.98 Å². The van der Waals surface area contributed by atoms with Gasteiger partial charge in [0.15, 0.2) is 21.4 Å². The number of carbonyl (C=O) groups excluding carboxylic acids is 2. The SMILES string of the molecule is Cc1nc(C2CCN(C(=O)OC(C)(C)C)CC2)cc2c1OCc1c(N3CCS(=O)(=O)CC3)ncnc1N2C(=O)OC(C)(C)C. The number of carbonyl (C=O) groups is 2. The van der Waals surface area contributed by atoms with Gasteiger partial charge in [0.05, 0.1) is 28.5 Å². The molecule has 3 aliphatic rings. The topological polar surface area (TPSA) is 144 Å². The number of likely N-dealkylation sites (tertiary alicyclic amines) is 1. The minimum atomic E-state index is -3.12. The summed E-state index contributed by atoms with van der Waals surface area (Å²) in [6.07, 6.45) is 1.77. The summed E-state index contributed by atoms with van der Waals surface area (Å²) in [5, 5.41) is 0. The number of rotatable bonds is 2. The average molecular weight is 631 g/mol. The lowest BCUT2D eigenvalue weighted by atomic mass is 9.92. The van der Waals surface area contributed by atoms with Crippen LogP contribution in [0.25, 0.3) is 0 Å². The fraction of sp³-hybridized carbons (Fsp3) is 0.633. The molecule has 2 saturated heterocycles. The van der Waals surface area contributed by atoms with Gasteiger partial charge in [0.25, 0.3) is 0 Å². The highest BCUT2D eigenvalue weighted by molar-refractivity contribution is 7.91. The Hall–Kier alpha value is -3.68. The summed E-state index contributed by atoms with van der Waals surface area (Å²) in [7, 11) is -3.12. The molecule has 44 heavy (non-hydrogen) atoms. The number of ether oxygens (including phenoxy) is 3. The van der Waals surface area contributed by atoms with Gasteiger partial charge in [-0.05, 0) is 67.4 Å². The van der Waals surface area contributed by atoms with E-state index in [-0.39, 0.29) is 43.2 Å². The van der Waals surface area contributed by atoms with Crippen LogP contribution in [0.4, 0.5) is 26.9 Å². The zero-order valence-corrected chi connectivity index (χ0v) is 27.4. The second kappa shape index (κ2) is 11.7. The molecule has 0 aliphatic carbocycles. The average Bonchev–Trinajstić information content (AvgIpc) is 3.08. The van der Waals surface area contributed by atoms with E-state index < -0.39 is 27.1 Å². The molecule has 0 bridgehead atoms. The van der Waals surface area contributed by atoms with E-state index in [1.54, 1.807) is 25.7 Å². The number of anilines is 3. The van der Waals surface area contributed by atoms with Gasteiger partial charge >= 0.3 is 12.2 Å². The van der Waals surface area contributed by atoms with Crippen molar-refractivity contribution in [3.8, 4) is 5.75 Å². The molecule has 0 atom stereocenters. The van der Waals surface area contributed by atoms with Gasteiger partial charge in [-0.25, -0.2) is 32.9 Å². The van der Waals surface area contributed by atoms with E-state index in [0.29, 0.717) is 60.3 Å². The largest absolute Gasteiger partial charge is 0.484 e. The molecule has 0 aromatic carbocycles. The quantitative estimate of drug-likeness (QED) is 0.463. The molecule has 2 aromatic heterocycles. The van der Waals surface area contributed by atoms with Crippen molar-refractivity contribution >= 4 is 39.3 Å². The number of hydrogen-bond acceptors (Lipinski definition) is 11. The minimum absolute atomic E-state index is 0.0156. The van der Waals surface area contributed by atoms with Crippen molar-refractivity contribution < 1.29 is 32.2 Å². The smallest absolute Gasteiger partial charge is 0.420 e. The van der Waals surface area contributed by atoms with Crippen LogP contribution in [0.3, 0.4) is 0 Å².